The lowest BCUT2D eigenvalue weighted by atomic mass is 9.96. The predicted molar refractivity (Wildman–Crippen MR) is 79.4 cm³/mol. The van der Waals surface area contributed by atoms with Crippen molar-refractivity contribution < 1.29 is 17.7 Å². The molecule has 1 aliphatic heterocycles. The third kappa shape index (κ3) is 3.20. The molecule has 0 spiro atoms. The van der Waals surface area contributed by atoms with Gasteiger partial charge in [0, 0.05) is 13.1 Å². The summed E-state index contributed by atoms with van der Waals surface area (Å²) in [6.45, 7) is 2.53. The summed E-state index contributed by atoms with van der Waals surface area (Å²) >= 11 is 0. The highest BCUT2D eigenvalue weighted by Gasteiger charge is 2.36. The number of aryl methyl sites for hydroxylation is 1. The van der Waals surface area contributed by atoms with Crippen LogP contribution in [0.25, 0.3) is 0 Å². The van der Waals surface area contributed by atoms with Crippen molar-refractivity contribution in [1.82, 2.24) is 10.1 Å². The first-order valence-corrected chi connectivity index (χ1v) is 7.55. The van der Waals surface area contributed by atoms with Crippen molar-refractivity contribution in [3.05, 3.63) is 41.0 Å². The Labute approximate surface area is 136 Å². The molecule has 24 heavy (non-hydrogen) atoms. The molecular formula is C16H15F3N4O. The monoisotopic (exact) mass is 336 g/mol. The van der Waals surface area contributed by atoms with E-state index in [0.717, 1.165) is 12.5 Å². The number of benzene rings is 1. The Bertz CT molecular complexity index is 778. The largest absolute Gasteiger partial charge is 0.418 e. The second-order valence-electron chi connectivity index (χ2n) is 5.81. The van der Waals surface area contributed by atoms with E-state index in [1.165, 1.54) is 12.1 Å². The number of halogens is 3. The van der Waals surface area contributed by atoms with Gasteiger partial charge in [0.15, 0.2) is 5.82 Å². The van der Waals surface area contributed by atoms with Gasteiger partial charge in [-0.2, -0.15) is 23.4 Å². The third-order valence-electron chi connectivity index (χ3n) is 4.09. The summed E-state index contributed by atoms with van der Waals surface area (Å²) in [4.78, 5) is 5.84. The Kier molecular flexibility index (Phi) is 4.18. The van der Waals surface area contributed by atoms with Crippen molar-refractivity contribution in [3.8, 4) is 6.07 Å². The van der Waals surface area contributed by atoms with Gasteiger partial charge >= 0.3 is 6.18 Å². The maximum absolute atomic E-state index is 13.3. The summed E-state index contributed by atoms with van der Waals surface area (Å²) in [5, 5.41) is 12.7. The number of piperidine rings is 1. The average molecular weight is 336 g/mol. The standard InChI is InChI=1S/C16H15F3N4O/c1-10-21-15(24-22-10)12-3-2-6-23(9-12)14-7-11(8-20)4-5-13(14)16(17,18)19/h4-5,7,12H,2-3,6,9H2,1H3/t12-/m1/s1. The summed E-state index contributed by atoms with van der Waals surface area (Å²) in [6, 6.07) is 5.35. The van der Waals surface area contributed by atoms with E-state index in [0.29, 0.717) is 31.2 Å². The van der Waals surface area contributed by atoms with Crippen LogP contribution in [0.4, 0.5) is 18.9 Å². The molecule has 2 heterocycles. The molecule has 2 aromatic rings. The number of hydrogen-bond acceptors (Lipinski definition) is 5. The van der Waals surface area contributed by atoms with E-state index < -0.39 is 11.7 Å². The Morgan fingerprint density at radius 2 is 2.17 bits per heavy atom. The van der Waals surface area contributed by atoms with Crippen molar-refractivity contribution >= 4 is 5.69 Å². The summed E-state index contributed by atoms with van der Waals surface area (Å²) in [7, 11) is 0. The van der Waals surface area contributed by atoms with Gasteiger partial charge in [-0.3, -0.25) is 0 Å². The van der Waals surface area contributed by atoms with E-state index in [4.69, 9.17) is 9.78 Å². The first-order valence-electron chi connectivity index (χ1n) is 7.55. The predicted octanol–water partition coefficient (Wildman–Crippen LogP) is 3.65. The molecule has 1 saturated heterocycles. The van der Waals surface area contributed by atoms with Crippen LogP contribution in [0.15, 0.2) is 22.7 Å². The number of alkyl halides is 3. The van der Waals surface area contributed by atoms with Crippen LogP contribution in [-0.2, 0) is 6.18 Å². The van der Waals surface area contributed by atoms with Gasteiger partial charge in [0.05, 0.1) is 28.8 Å². The molecule has 0 N–H and O–H groups in total. The van der Waals surface area contributed by atoms with Crippen LogP contribution in [0.3, 0.4) is 0 Å². The van der Waals surface area contributed by atoms with Gasteiger partial charge in [-0.15, -0.1) is 0 Å². The molecule has 0 bridgehead atoms. The Hall–Kier alpha value is -2.56. The van der Waals surface area contributed by atoms with E-state index in [1.54, 1.807) is 11.8 Å². The van der Waals surface area contributed by atoms with Gasteiger partial charge in [0.1, 0.15) is 0 Å². The van der Waals surface area contributed by atoms with Gasteiger partial charge < -0.3 is 9.42 Å². The Morgan fingerprint density at radius 3 is 2.79 bits per heavy atom. The van der Waals surface area contributed by atoms with Crippen molar-refractivity contribution in [2.24, 2.45) is 0 Å². The average Bonchev–Trinajstić information content (AvgIpc) is 3.00. The summed E-state index contributed by atoms with van der Waals surface area (Å²) in [5.74, 6) is 0.832. The lowest BCUT2D eigenvalue weighted by Crippen LogP contribution is -2.35. The zero-order valence-corrected chi connectivity index (χ0v) is 13.0. The Balaban J connectivity index is 1.94. The van der Waals surface area contributed by atoms with Crippen LogP contribution < -0.4 is 4.90 Å². The fourth-order valence-electron chi connectivity index (χ4n) is 2.98. The highest BCUT2D eigenvalue weighted by molar-refractivity contribution is 5.59. The molecule has 5 nitrogen and oxygen atoms in total. The van der Waals surface area contributed by atoms with Crippen LogP contribution >= 0.6 is 0 Å². The normalized spacial score (nSPS) is 18.5. The van der Waals surface area contributed by atoms with Crippen LogP contribution in [0, 0.1) is 18.3 Å². The third-order valence-corrected chi connectivity index (χ3v) is 4.09. The maximum atomic E-state index is 13.3. The number of rotatable bonds is 2. The molecule has 0 saturated carbocycles. The number of hydrogen-bond donors (Lipinski definition) is 0. The molecule has 1 aromatic carbocycles. The van der Waals surface area contributed by atoms with Crippen LogP contribution in [0.5, 0.6) is 0 Å². The molecule has 0 aliphatic carbocycles. The highest BCUT2D eigenvalue weighted by atomic mass is 19.4. The highest BCUT2D eigenvalue weighted by Crippen LogP contribution is 2.39. The minimum absolute atomic E-state index is 0.0301. The minimum atomic E-state index is -4.47. The van der Waals surface area contributed by atoms with Gasteiger partial charge in [-0.25, -0.2) is 0 Å². The lowest BCUT2D eigenvalue weighted by molar-refractivity contribution is -0.137. The first kappa shape index (κ1) is 16.3. The fraction of sp³-hybridized carbons (Fsp3) is 0.438. The molecule has 1 fully saturated rings. The molecule has 0 radical (unpaired) electrons. The fourth-order valence-corrected chi connectivity index (χ4v) is 2.98. The van der Waals surface area contributed by atoms with Gasteiger partial charge in [0.25, 0.3) is 0 Å². The van der Waals surface area contributed by atoms with Crippen LogP contribution in [-0.4, -0.2) is 23.2 Å². The Morgan fingerprint density at radius 1 is 1.38 bits per heavy atom. The first-order chi connectivity index (χ1) is 11.4. The zero-order valence-electron chi connectivity index (χ0n) is 13.0. The van der Waals surface area contributed by atoms with Gasteiger partial charge in [-0.05, 0) is 38.0 Å². The molecule has 3 rings (SSSR count). The van der Waals surface area contributed by atoms with Crippen LogP contribution in [0.2, 0.25) is 0 Å². The van der Waals surface area contributed by atoms with E-state index in [9.17, 15) is 13.2 Å². The van der Waals surface area contributed by atoms with Crippen molar-refractivity contribution in [2.75, 3.05) is 18.0 Å². The number of nitrogens with zero attached hydrogens (tertiary/aromatic N) is 4. The smallest absolute Gasteiger partial charge is 0.370 e. The maximum Gasteiger partial charge on any atom is 0.418 e. The SMILES string of the molecule is Cc1noc([C@@H]2CCCN(c3cc(C#N)ccc3C(F)(F)F)C2)n1. The second-order valence-corrected chi connectivity index (χ2v) is 5.81. The zero-order chi connectivity index (χ0) is 17.3. The van der Waals surface area contributed by atoms with Gasteiger partial charge in [0.2, 0.25) is 5.89 Å². The minimum Gasteiger partial charge on any atom is -0.370 e. The number of aromatic nitrogens is 2. The van der Waals surface area contributed by atoms with Crippen molar-refractivity contribution in [2.45, 2.75) is 31.9 Å². The second kappa shape index (κ2) is 6.15. The van der Waals surface area contributed by atoms with Gasteiger partial charge in [-0.1, -0.05) is 5.16 Å². The molecule has 1 aromatic heterocycles. The lowest BCUT2D eigenvalue weighted by Gasteiger charge is -2.34. The molecule has 8 heteroatoms. The summed E-state index contributed by atoms with van der Waals surface area (Å²) < 4.78 is 45.1. The summed E-state index contributed by atoms with van der Waals surface area (Å²) in [6.07, 6.45) is -2.99. The summed E-state index contributed by atoms with van der Waals surface area (Å²) in [5.41, 5.74) is -0.500. The molecular weight excluding hydrogens is 321 g/mol. The molecule has 1 atom stereocenters. The van der Waals surface area contributed by atoms with E-state index >= 15 is 0 Å². The molecule has 126 valence electrons. The molecule has 0 amide bonds. The quantitative estimate of drug-likeness (QED) is 0.837. The van der Waals surface area contributed by atoms with E-state index in [-0.39, 0.29) is 17.2 Å². The number of nitriles is 1. The topological polar surface area (TPSA) is 66.0 Å². The molecule has 0 unspecified atom stereocenters. The van der Waals surface area contributed by atoms with Crippen molar-refractivity contribution in [1.29, 1.82) is 5.26 Å². The molecule has 1 aliphatic rings. The van der Waals surface area contributed by atoms with E-state index in [1.807, 2.05) is 6.07 Å². The van der Waals surface area contributed by atoms with Crippen molar-refractivity contribution in [3.63, 3.8) is 0 Å². The van der Waals surface area contributed by atoms with E-state index in [2.05, 4.69) is 10.1 Å². The number of anilines is 1. The van der Waals surface area contributed by atoms with Crippen LogP contribution in [0.1, 0.15) is 41.6 Å².